The molecule has 198 valence electrons. The lowest BCUT2D eigenvalue weighted by atomic mass is 9.90. The van der Waals surface area contributed by atoms with Crippen molar-refractivity contribution in [1.82, 2.24) is 15.2 Å². The minimum atomic E-state index is -4.68. The highest BCUT2D eigenvalue weighted by Crippen LogP contribution is 2.48. The zero-order chi connectivity index (χ0) is 26.7. The van der Waals surface area contributed by atoms with Crippen LogP contribution in [0, 0.1) is 17.7 Å². The molecule has 1 saturated carbocycles. The molecule has 2 aliphatic heterocycles. The van der Waals surface area contributed by atoms with E-state index in [0.29, 0.717) is 18.1 Å². The molecule has 2 amide bonds. The highest BCUT2D eigenvalue weighted by Gasteiger charge is 2.56. The first-order chi connectivity index (χ1) is 17.3. The van der Waals surface area contributed by atoms with Crippen molar-refractivity contribution in [3.05, 3.63) is 64.7 Å². The largest absolute Gasteiger partial charge is 0.416 e. The SMILES string of the molecule is CC(C)(C)c1cc(C(=O)N2[C@@H](C(=O)NC(c3ccc(C(F)(F)F)cc3F)C3COC3)C[C@H]3C[C@H]32)ccn1. The molecule has 10 heteroatoms. The van der Waals surface area contributed by atoms with Crippen molar-refractivity contribution < 1.29 is 31.9 Å². The van der Waals surface area contributed by atoms with Crippen LogP contribution < -0.4 is 5.32 Å². The summed E-state index contributed by atoms with van der Waals surface area (Å²) in [4.78, 5) is 33.0. The molecular formula is C27H29F4N3O3. The maximum atomic E-state index is 14.8. The van der Waals surface area contributed by atoms with Crippen molar-refractivity contribution >= 4 is 11.8 Å². The average molecular weight is 520 g/mol. The number of hydrogen-bond acceptors (Lipinski definition) is 4. The van der Waals surface area contributed by atoms with Gasteiger partial charge in [-0.2, -0.15) is 13.2 Å². The molecule has 1 unspecified atom stereocenters. The van der Waals surface area contributed by atoms with Crippen LogP contribution >= 0.6 is 0 Å². The first kappa shape index (κ1) is 25.6. The minimum Gasteiger partial charge on any atom is -0.381 e. The maximum absolute atomic E-state index is 14.8. The Labute approximate surface area is 212 Å². The molecule has 1 aliphatic carbocycles. The molecule has 5 rings (SSSR count). The van der Waals surface area contributed by atoms with E-state index < -0.39 is 35.5 Å². The van der Waals surface area contributed by atoms with Gasteiger partial charge in [0.2, 0.25) is 5.91 Å². The van der Waals surface area contributed by atoms with Crippen LogP contribution in [0.2, 0.25) is 0 Å². The van der Waals surface area contributed by atoms with Crippen molar-refractivity contribution in [2.75, 3.05) is 13.2 Å². The number of fused-ring (bicyclic) bond motifs is 1. The number of carbonyl (C=O) groups excluding carboxylic acids is 2. The van der Waals surface area contributed by atoms with E-state index in [9.17, 15) is 27.2 Å². The number of nitrogens with one attached hydrogen (secondary N) is 1. The Morgan fingerprint density at radius 3 is 2.43 bits per heavy atom. The molecule has 3 aliphatic rings. The smallest absolute Gasteiger partial charge is 0.381 e. The summed E-state index contributed by atoms with van der Waals surface area (Å²) in [6, 6.07) is 4.06. The third-order valence-electron chi connectivity index (χ3n) is 7.51. The predicted molar refractivity (Wildman–Crippen MR) is 126 cm³/mol. The van der Waals surface area contributed by atoms with Crippen LogP contribution in [0.5, 0.6) is 0 Å². The third kappa shape index (κ3) is 4.95. The summed E-state index contributed by atoms with van der Waals surface area (Å²) >= 11 is 0. The molecule has 0 radical (unpaired) electrons. The molecule has 4 atom stereocenters. The van der Waals surface area contributed by atoms with Gasteiger partial charge in [0.25, 0.3) is 5.91 Å². The van der Waals surface area contributed by atoms with E-state index in [1.54, 1.807) is 23.2 Å². The summed E-state index contributed by atoms with van der Waals surface area (Å²) in [7, 11) is 0. The quantitative estimate of drug-likeness (QED) is 0.585. The van der Waals surface area contributed by atoms with Gasteiger partial charge in [0.1, 0.15) is 11.9 Å². The molecule has 1 N–H and O–H groups in total. The van der Waals surface area contributed by atoms with E-state index in [4.69, 9.17) is 4.74 Å². The van der Waals surface area contributed by atoms with Gasteiger partial charge in [-0.15, -0.1) is 0 Å². The van der Waals surface area contributed by atoms with Crippen molar-refractivity contribution in [2.45, 2.75) is 63.3 Å². The molecular weight excluding hydrogens is 490 g/mol. The molecule has 37 heavy (non-hydrogen) atoms. The molecule has 1 aromatic carbocycles. The second-order valence-corrected chi connectivity index (χ2v) is 11.2. The van der Waals surface area contributed by atoms with Crippen LogP contribution in [0.3, 0.4) is 0 Å². The van der Waals surface area contributed by atoms with Gasteiger partial charge < -0.3 is 15.0 Å². The highest BCUT2D eigenvalue weighted by molar-refractivity contribution is 5.98. The van der Waals surface area contributed by atoms with Gasteiger partial charge in [0.15, 0.2) is 0 Å². The molecule has 0 spiro atoms. The van der Waals surface area contributed by atoms with Crippen LogP contribution in [0.4, 0.5) is 17.6 Å². The summed E-state index contributed by atoms with van der Waals surface area (Å²) in [5.74, 6) is -1.81. The summed E-state index contributed by atoms with van der Waals surface area (Å²) in [6.07, 6.45) is -1.78. The fourth-order valence-electron chi connectivity index (χ4n) is 5.21. The molecule has 2 aromatic rings. The molecule has 6 nitrogen and oxygen atoms in total. The zero-order valence-electron chi connectivity index (χ0n) is 20.8. The predicted octanol–water partition coefficient (Wildman–Crippen LogP) is 4.64. The summed E-state index contributed by atoms with van der Waals surface area (Å²) in [6.45, 7) is 6.49. The number of piperidine rings is 1. The number of rotatable bonds is 5. The number of ether oxygens (including phenoxy) is 1. The normalized spacial score (nSPS) is 24.3. The van der Waals surface area contributed by atoms with Crippen molar-refractivity contribution in [3.8, 4) is 0 Å². The van der Waals surface area contributed by atoms with Crippen LogP contribution in [-0.4, -0.2) is 47.0 Å². The lowest BCUT2D eigenvalue weighted by molar-refractivity contribution is -0.138. The van der Waals surface area contributed by atoms with E-state index in [-0.39, 0.29) is 48.0 Å². The molecule has 1 aromatic heterocycles. The number of carbonyl (C=O) groups is 2. The van der Waals surface area contributed by atoms with Gasteiger partial charge in [0, 0.05) is 40.4 Å². The molecule has 0 bridgehead atoms. The van der Waals surface area contributed by atoms with Crippen LogP contribution in [0.15, 0.2) is 36.5 Å². The minimum absolute atomic E-state index is 0.0281. The molecule has 2 saturated heterocycles. The summed E-state index contributed by atoms with van der Waals surface area (Å²) in [5.41, 5.74) is -0.177. The number of alkyl halides is 3. The number of hydrogen-bond donors (Lipinski definition) is 1. The van der Waals surface area contributed by atoms with E-state index in [0.717, 1.165) is 24.2 Å². The number of amides is 2. The topological polar surface area (TPSA) is 71.5 Å². The van der Waals surface area contributed by atoms with Crippen LogP contribution in [-0.2, 0) is 21.1 Å². The molecule has 3 heterocycles. The van der Waals surface area contributed by atoms with Gasteiger partial charge in [-0.3, -0.25) is 14.6 Å². The summed E-state index contributed by atoms with van der Waals surface area (Å²) in [5, 5.41) is 2.84. The Hall–Kier alpha value is -3.01. The van der Waals surface area contributed by atoms with Crippen molar-refractivity contribution in [2.24, 2.45) is 11.8 Å². The Kier molecular flexibility index (Phi) is 6.29. The third-order valence-corrected chi connectivity index (χ3v) is 7.51. The van der Waals surface area contributed by atoms with Gasteiger partial charge in [-0.25, -0.2) is 4.39 Å². The zero-order valence-corrected chi connectivity index (χ0v) is 20.8. The number of halogens is 4. The maximum Gasteiger partial charge on any atom is 0.416 e. The van der Waals surface area contributed by atoms with Gasteiger partial charge in [-0.1, -0.05) is 26.8 Å². The second-order valence-electron chi connectivity index (χ2n) is 11.2. The number of pyridine rings is 1. The lowest BCUT2D eigenvalue weighted by Crippen LogP contribution is -2.51. The first-order valence-corrected chi connectivity index (χ1v) is 12.4. The number of benzene rings is 1. The molecule has 3 fully saturated rings. The van der Waals surface area contributed by atoms with E-state index in [2.05, 4.69) is 10.3 Å². The monoisotopic (exact) mass is 519 g/mol. The van der Waals surface area contributed by atoms with Crippen LogP contribution in [0.1, 0.15) is 66.8 Å². The Morgan fingerprint density at radius 1 is 1.11 bits per heavy atom. The highest BCUT2D eigenvalue weighted by atomic mass is 19.4. The number of likely N-dealkylation sites (tertiary alicyclic amines) is 1. The Balaban J connectivity index is 1.38. The second kappa shape index (κ2) is 9.08. The van der Waals surface area contributed by atoms with Gasteiger partial charge in [0.05, 0.1) is 24.8 Å². The van der Waals surface area contributed by atoms with Crippen molar-refractivity contribution in [1.29, 1.82) is 0 Å². The average Bonchev–Trinajstić information content (AvgIpc) is 3.45. The summed E-state index contributed by atoms with van der Waals surface area (Å²) < 4.78 is 59.2. The number of nitrogens with zero attached hydrogens (tertiary/aromatic N) is 2. The van der Waals surface area contributed by atoms with E-state index in [1.165, 1.54) is 0 Å². The first-order valence-electron chi connectivity index (χ1n) is 12.4. The number of aromatic nitrogens is 1. The van der Waals surface area contributed by atoms with Gasteiger partial charge >= 0.3 is 6.18 Å². The van der Waals surface area contributed by atoms with E-state index >= 15 is 0 Å². The Morgan fingerprint density at radius 2 is 1.84 bits per heavy atom. The van der Waals surface area contributed by atoms with Crippen molar-refractivity contribution in [3.63, 3.8) is 0 Å². The fraction of sp³-hybridized carbons (Fsp3) is 0.519. The lowest BCUT2D eigenvalue weighted by Gasteiger charge is -2.36. The van der Waals surface area contributed by atoms with E-state index in [1.807, 2.05) is 20.8 Å². The fourth-order valence-corrected chi connectivity index (χ4v) is 5.21. The van der Waals surface area contributed by atoms with Gasteiger partial charge in [-0.05, 0) is 43.0 Å². The van der Waals surface area contributed by atoms with Crippen LogP contribution in [0.25, 0.3) is 0 Å². The Bertz CT molecular complexity index is 1220. The standard InChI is InChI=1S/C27H29F4N3O3/c1-26(2,3)22-10-14(6-7-32-22)25(36)34-20-8-15(20)9-21(34)24(35)33-23(16-12-37-13-16)18-5-4-17(11-19(18)28)27(29,30)31/h4-7,10-11,15-16,20-21,23H,8-9,12-13H2,1-3H3,(H,33,35)/t15-,20-,21-,23?/m1/s1.